The van der Waals surface area contributed by atoms with Crippen LogP contribution in [-0.2, 0) is 6.42 Å². The molecule has 0 aliphatic carbocycles. The highest BCUT2D eigenvalue weighted by Crippen LogP contribution is 2.23. The molecule has 0 saturated heterocycles. The molecule has 3 rings (SSSR count). The lowest BCUT2D eigenvalue weighted by Crippen LogP contribution is -1.94. The Hall–Kier alpha value is -3.42. The Kier molecular flexibility index (Phi) is 8.20. The molecule has 1 nitrogen and oxygen atoms in total. The van der Waals surface area contributed by atoms with E-state index in [2.05, 4.69) is 98.2 Å². The van der Waals surface area contributed by atoms with Crippen LogP contribution in [0.4, 0.5) is 0 Å². The first-order valence-electron chi connectivity index (χ1n) is 10.7. The number of ether oxygens (including phenoxy) is 1. The minimum atomic E-state index is 0.752. The van der Waals surface area contributed by atoms with Crippen LogP contribution in [0, 0.1) is 23.7 Å². The zero-order valence-corrected chi connectivity index (χ0v) is 17.9. The Balaban J connectivity index is 1.61. The lowest BCUT2D eigenvalue weighted by Gasteiger charge is -2.06. The fourth-order valence-corrected chi connectivity index (χ4v) is 2.94. The lowest BCUT2D eigenvalue weighted by atomic mass is 10.0. The molecule has 0 unspecified atom stereocenters. The van der Waals surface area contributed by atoms with E-state index >= 15 is 0 Å². The Morgan fingerprint density at radius 3 is 1.77 bits per heavy atom. The summed E-state index contributed by atoms with van der Waals surface area (Å²) < 4.78 is 5.65. The van der Waals surface area contributed by atoms with Gasteiger partial charge in [0.15, 0.2) is 0 Å². The monoisotopic (exact) mass is 392 g/mol. The third-order valence-corrected chi connectivity index (χ3v) is 4.64. The SMILES string of the molecule is CCCC#CCc1ccc(C#Cc2ccc(-c3ccc(OCCC)cc3)cc2)cc1. The molecule has 0 saturated carbocycles. The molecule has 0 aliphatic rings. The molecule has 150 valence electrons. The van der Waals surface area contributed by atoms with E-state index in [0.717, 1.165) is 49.2 Å². The van der Waals surface area contributed by atoms with E-state index in [1.165, 1.54) is 16.7 Å². The van der Waals surface area contributed by atoms with E-state index in [-0.39, 0.29) is 0 Å². The second kappa shape index (κ2) is 11.5. The maximum atomic E-state index is 5.65. The van der Waals surface area contributed by atoms with E-state index < -0.39 is 0 Å². The summed E-state index contributed by atoms with van der Waals surface area (Å²) in [5.41, 5.74) is 5.62. The molecule has 0 spiro atoms. The molecule has 3 aromatic rings. The Morgan fingerprint density at radius 2 is 1.20 bits per heavy atom. The van der Waals surface area contributed by atoms with Crippen molar-refractivity contribution in [3.63, 3.8) is 0 Å². The van der Waals surface area contributed by atoms with Gasteiger partial charge in [0.2, 0.25) is 0 Å². The zero-order chi connectivity index (χ0) is 21.0. The minimum absolute atomic E-state index is 0.752. The summed E-state index contributed by atoms with van der Waals surface area (Å²) in [7, 11) is 0. The van der Waals surface area contributed by atoms with Gasteiger partial charge in [0, 0.05) is 24.0 Å². The van der Waals surface area contributed by atoms with Crippen molar-refractivity contribution >= 4 is 0 Å². The summed E-state index contributed by atoms with van der Waals surface area (Å²) in [5, 5.41) is 0. The summed E-state index contributed by atoms with van der Waals surface area (Å²) in [6.07, 6.45) is 3.91. The number of hydrogen-bond acceptors (Lipinski definition) is 1. The van der Waals surface area contributed by atoms with Crippen molar-refractivity contribution in [3.8, 4) is 40.6 Å². The Labute approximate surface area is 181 Å². The van der Waals surface area contributed by atoms with Crippen molar-refractivity contribution in [2.75, 3.05) is 6.61 Å². The first-order chi connectivity index (χ1) is 14.8. The fraction of sp³-hybridized carbons (Fsp3) is 0.241. The molecule has 0 fully saturated rings. The second-order valence-electron chi connectivity index (χ2n) is 7.18. The summed E-state index contributed by atoms with van der Waals surface area (Å²) in [6, 6.07) is 25.0. The molecule has 0 aliphatic heterocycles. The van der Waals surface area contributed by atoms with Crippen molar-refractivity contribution in [1.82, 2.24) is 0 Å². The van der Waals surface area contributed by atoms with Gasteiger partial charge in [0.25, 0.3) is 0 Å². The molecule has 0 N–H and O–H groups in total. The number of hydrogen-bond donors (Lipinski definition) is 0. The molecule has 0 heterocycles. The van der Waals surface area contributed by atoms with Crippen LogP contribution < -0.4 is 4.74 Å². The zero-order valence-electron chi connectivity index (χ0n) is 17.9. The van der Waals surface area contributed by atoms with Crippen LogP contribution in [0.15, 0.2) is 72.8 Å². The average molecular weight is 393 g/mol. The predicted octanol–water partition coefficient (Wildman–Crippen LogP) is 6.89. The normalized spacial score (nSPS) is 9.80. The predicted molar refractivity (Wildman–Crippen MR) is 126 cm³/mol. The maximum absolute atomic E-state index is 5.65. The van der Waals surface area contributed by atoms with Gasteiger partial charge in [0.05, 0.1) is 6.61 Å². The first-order valence-corrected chi connectivity index (χ1v) is 10.7. The minimum Gasteiger partial charge on any atom is -0.494 e. The van der Waals surface area contributed by atoms with Crippen LogP contribution in [0.25, 0.3) is 11.1 Å². The highest BCUT2D eigenvalue weighted by molar-refractivity contribution is 5.65. The smallest absolute Gasteiger partial charge is 0.119 e. The second-order valence-corrected chi connectivity index (χ2v) is 7.18. The third-order valence-electron chi connectivity index (χ3n) is 4.64. The van der Waals surface area contributed by atoms with Crippen molar-refractivity contribution < 1.29 is 4.74 Å². The lowest BCUT2D eigenvalue weighted by molar-refractivity contribution is 0.317. The van der Waals surface area contributed by atoms with Gasteiger partial charge in [-0.3, -0.25) is 0 Å². The molecule has 0 bridgehead atoms. The van der Waals surface area contributed by atoms with E-state index in [9.17, 15) is 0 Å². The van der Waals surface area contributed by atoms with Crippen molar-refractivity contribution in [1.29, 1.82) is 0 Å². The number of rotatable bonds is 6. The highest BCUT2D eigenvalue weighted by atomic mass is 16.5. The van der Waals surface area contributed by atoms with E-state index in [1.807, 2.05) is 12.1 Å². The van der Waals surface area contributed by atoms with Gasteiger partial charge in [-0.15, -0.1) is 5.92 Å². The van der Waals surface area contributed by atoms with Crippen LogP contribution in [-0.4, -0.2) is 6.61 Å². The molecule has 0 aromatic heterocycles. The highest BCUT2D eigenvalue weighted by Gasteiger charge is 1.99. The molecule has 0 radical (unpaired) electrons. The van der Waals surface area contributed by atoms with Gasteiger partial charge >= 0.3 is 0 Å². The van der Waals surface area contributed by atoms with Gasteiger partial charge in [-0.25, -0.2) is 0 Å². The summed E-state index contributed by atoms with van der Waals surface area (Å²) >= 11 is 0. The summed E-state index contributed by atoms with van der Waals surface area (Å²) in [6.45, 7) is 5.01. The van der Waals surface area contributed by atoms with E-state index in [0.29, 0.717) is 0 Å². The van der Waals surface area contributed by atoms with Gasteiger partial charge in [0.1, 0.15) is 5.75 Å². The van der Waals surface area contributed by atoms with Crippen LogP contribution >= 0.6 is 0 Å². The molecule has 30 heavy (non-hydrogen) atoms. The van der Waals surface area contributed by atoms with Crippen LogP contribution in [0.3, 0.4) is 0 Å². The Bertz CT molecular complexity index is 1030. The molecule has 3 aromatic carbocycles. The number of unbranched alkanes of at least 4 members (excludes halogenated alkanes) is 1. The summed E-state index contributed by atoms with van der Waals surface area (Å²) in [5.74, 6) is 13.8. The summed E-state index contributed by atoms with van der Waals surface area (Å²) in [4.78, 5) is 0. The molecular formula is C29H28O. The fourth-order valence-electron chi connectivity index (χ4n) is 2.94. The average Bonchev–Trinajstić information content (AvgIpc) is 2.81. The van der Waals surface area contributed by atoms with E-state index in [4.69, 9.17) is 4.74 Å². The quantitative estimate of drug-likeness (QED) is 0.415. The van der Waals surface area contributed by atoms with Gasteiger partial charge in [-0.05, 0) is 65.9 Å². The molecule has 0 atom stereocenters. The van der Waals surface area contributed by atoms with Crippen molar-refractivity contribution in [3.05, 3.63) is 89.5 Å². The molecular weight excluding hydrogens is 364 g/mol. The maximum Gasteiger partial charge on any atom is 0.119 e. The van der Waals surface area contributed by atoms with E-state index in [1.54, 1.807) is 0 Å². The largest absolute Gasteiger partial charge is 0.494 e. The Morgan fingerprint density at radius 1 is 0.633 bits per heavy atom. The van der Waals surface area contributed by atoms with Crippen molar-refractivity contribution in [2.24, 2.45) is 0 Å². The van der Waals surface area contributed by atoms with Gasteiger partial charge in [-0.1, -0.05) is 68.0 Å². The van der Waals surface area contributed by atoms with Gasteiger partial charge < -0.3 is 4.74 Å². The molecule has 0 amide bonds. The van der Waals surface area contributed by atoms with Crippen LogP contribution in [0.5, 0.6) is 5.75 Å². The topological polar surface area (TPSA) is 9.23 Å². The first kappa shape index (κ1) is 21.3. The van der Waals surface area contributed by atoms with Gasteiger partial charge in [-0.2, -0.15) is 0 Å². The third kappa shape index (κ3) is 6.58. The number of benzene rings is 3. The van der Waals surface area contributed by atoms with Crippen LogP contribution in [0.2, 0.25) is 0 Å². The van der Waals surface area contributed by atoms with Crippen molar-refractivity contribution in [2.45, 2.75) is 39.5 Å². The standard InChI is InChI=1S/C29H28O/c1-3-5-6-7-8-24-9-11-25(12-10-24)13-14-26-15-17-27(18-16-26)28-19-21-29(22-20-28)30-23-4-2/h9-12,15-22H,3-5,8,23H2,1-2H3. The van der Waals surface area contributed by atoms with Crippen LogP contribution in [0.1, 0.15) is 49.8 Å². The molecule has 1 heteroatoms.